The molecule has 0 saturated heterocycles. The number of fused-ring (bicyclic) bond motifs is 4. The van der Waals surface area contributed by atoms with Crippen molar-refractivity contribution >= 4 is 27.8 Å². The van der Waals surface area contributed by atoms with Crippen LogP contribution in [0, 0.1) is 0 Å². The van der Waals surface area contributed by atoms with Gasteiger partial charge in [-0.15, -0.1) is 0 Å². The summed E-state index contributed by atoms with van der Waals surface area (Å²) in [5.74, 6) is 0. The predicted molar refractivity (Wildman–Crippen MR) is 180 cm³/mol. The van der Waals surface area contributed by atoms with Gasteiger partial charge in [-0.1, -0.05) is 132 Å². The zero-order valence-electron chi connectivity index (χ0n) is 25.1. The average molecular weight is 544 g/mol. The van der Waals surface area contributed by atoms with E-state index in [9.17, 15) is 0 Å². The summed E-state index contributed by atoms with van der Waals surface area (Å²) in [5, 5.41) is 2.48. The van der Waals surface area contributed by atoms with Crippen LogP contribution >= 0.6 is 0 Å². The van der Waals surface area contributed by atoms with E-state index >= 15 is 0 Å². The third-order valence-electron chi connectivity index (χ3n) is 8.97. The first-order valence-electron chi connectivity index (χ1n) is 15.0. The number of rotatable bonds is 4. The van der Waals surface area contributed by atoms with Crippen molar-refractivity contribution in [3.63, 3.8) is 0 Å². The molecule has 1 aliphatic rings. The molecule has 42 heavy (non-hydrogen) atoms. The van der Waals surface area contributed by atoms with Crippen LogP contribution < -0.4 is 4.90 Å². The largest absolute Gasteiger partial charge is 0.310 e. The standard InChI is InChI=1S/C41H37N/c1-40(2,3)36-21-13-11-20-33(36)35-25-28-15-9-10-16-29(28)26-39(35)42(30-17-7-6-8-18-30)31-23-24-34-32-19-12-14-22-37(32)41(4,5)38(34)27-31/h6-27H,1-5H3. The van der Waals surface area contributed by atoms with E-state index in [-0.39, 0.29) is 10.8 Å². The van der Waals surface area contributed by atoms with Gasteiger partial charge in [0.25, 0.3) is 0 Å². The number of anilines is 3. The van der Waals surface area contributed by atoms with Crippen LogP contribution in [0.5, 0.6) is 0 Å². The Morgan fingerprint density at radius 3 is 1.81 bits per heavy atom. The van der Waals surface area contributed by atoms with E-state index in [4.69, 9.17) is 0 Å². The minimum Gasteiger partial charge on any atom is -0.310 e. The molecule has 0 fully saturated rings. The first-order valence-corrected chi connectivity index (χ1v) is 15.0. The summed E-state index contributed by atoms with van der Waals surface area (Å²) in [7, 11) is 0. The molecule has 0 aromatic heterocycles. The molecule has 0 heterocycles. The average Bonchev–Trinajstić information content (AvgIpc) is 3.23. The van der Waals surface area contributed by atoms with Gasteiger partial charge in [-0.3, -0.25) is 0 Å². The molecule has 0 N–H and O–H groups in total. The molecule has 6 aromatic rings. The molecule has 1 nitrogen and oxygen atoms in total. The number of hydrogen-bond donors (Lipinski definition) is 0. The lowest BCUT2D eigenvalue weighted by atomic mass is 9.81. The van der Waals surface area contributed by atoms with Gasteiger partial charge in [0.1, 0.15) is 0 Å². The Morgan fingerprint density at radius 2 is 1.07 bits per heavy atom. The summed E-state index contributed by atoms with van der Waals surface area (Å²) < 4.78 is 0. The van der Waals surface area contributed by atoms with Crippen LogP contribution in [0.25, 0.3) is 33.0 Å². The third kappa shape index (κ3) is 4.23. The van der Waals surface area contributed by atoms with Gasteiger partial charge in [-0.05, 0) is 86.0 Å². The summed E-state index contributed by atoms with van der Waals surface area (Å²) in [6.07, 6.45) is 0. The van der Waals surface area contributed by atoms with Crippen molar-refractivity contribution in [2.75, 3.05) is 4.90 Å². The minimum atomic E-state index is -0.0741. The molecule has 6 aromatic carbocycles. The van der Waals surface area contributed by atoms with E-state index in [2.05, 4.69) is 173 Å². The SMILES string of the molecule is CC(C)(C)c1ccccc1-c1cc2ccccc2cc1N(c1ccccc1)c1ccc2c(c1)C(C)(C)c1ccccc1-2. The monoisotopic (exact) mass is 543 g/mol. The summed E-state index contributed by atoms with van der Waals surface area (Å²) in [4.78, 5) is 2.46. The molecule has 0 saturated carbocycles. The molecule has 0 unspecified atom stereocenters. The molecular formula is C41H37N. The van der Waals surface area contributed by atoms with E-state index in [0.717, 1.165) is 5.69 Å². The van der Waals surface area contributed by atoms with Gasteiger partial charge < -0.3 is 4.90 Å². The highest BCUT2D eigenvalue weighted by molar-refractivity contribution is 5.99. The van der Waals surface area contributed by atoms with Crippen molar-refractivity contribution in [1.82, 2.24) is 0 Å². The molecular weight excluding hydrogens is 506 g/mol. The Morgan fingerprint density at radius 1 is 0.476 bits per heavy atom. The van der Waals surface area contributed by atoms with Crippen molar-refractivity contribution in [1.29, 1.82) is 0 Å². The van der Waals surface area contributed by atoms with E-state index in [1.54, 1.807) is 0 Å². The van der Waals surface area contributed by atoms with Crippen LogP contribution in [0.1, 0.15) is 51.3 Å². The quantitative estimate of drug-likeness (QED) is 0.214. The topological polar surface area (TPSA) is 3.24 Å². The van der Waals surface area contributed by atoms with Crippen LogP contribution in [0.15, 0.2) is 133 Å². The molecule has 1 heteroatoms. The summed E-state index contributed by atoms with van der Waals surface area (Å²) >= 11 is 0. The van der Waals surface area contributed by atoms with Gasteiger partial charge in [-0.2, -0.15) is 0 Å². The second-order valence-corrected chi connectivity index (χ2v) is 13.1. The van der Waals surface area contributed by atoms with Gasteiger partial charge in [0, 0.05) is 22.4 Å². The Balaban J connectivity index is 1.53. The maximum Gasteiger partial charge on any atom is 0.0546 e. The zero-order chi connectivity index (χ0) is 29.1. The fraction of sp³-hybridized carbons (Fsp3) is 0.171. The summed E-state index contributed by atoms with van der Waals surface area (Å²) in [6, 6.07) is 49.2. The zero-order valence-corrected chi connectivity index (χ0v) is 25.1. The predicted octanol–water partition coefficient (Wildman–Crippen LogP) is 11.6. The highest BCUT2D eigenvalue weighted by Gasteiger charge is 2.36. The van der Waals surface area contributed by atoms with Crippen molar-refractivity contribution in [2.24, 2.45) is 0 Å². The number of benzene rings is 6. The lowest BCUT2D eigenvalue weighted by Gasteiger charge is -2.31. The first-order chi connectivity index (χ1) is 20.2. The van der Waals surface area contributed by atoms with Crippen LogP contribution in [0.3, 0.4) is 0 Å². The molecule has 1 aliphatic carbocycles. The fourth-order valence-corrected chi connectivity index (χ4v) is 6.84. The number of hydrogen-bond acceptors (Lipinski definition) is 1. The number of nitrogens with zero attached hydrogens (tertiary/aromatic N) is 1. The Labute approximate surface area is 250 Å². The fourth-order valence-electron chi connectivity index (χ4n) is 6.84. The summed E-state index contributed by atoms with van der Waals surface area (Å²) in [6.45, 7) is 11.6. The molecule has 0 bridgehead atoms. The Bertz CT molecular complexity index is 1940. The summed E-state index contributed by atoms with van der Waals surface area (Å²) in [5.41, 5.74) is 12.8. The highest BCUT2D eigenvalue weighted by Crippen LogP contribution is 2.51. The van der Waals surface area contributed by atoms with E-state index in [0.29, 0.717) is 0 Å². The first kappa shape index (κ1) is 26.3. The normalized spacial score (nSPS) is 13.5. The van der Waals surface area contributed by atoms with Gasteiger partial charge in [0.05, 0.1) is 5.69 Å². The van der Waals surface area contributed by atoms with Gasteiger partial charge in [-0.25, -0.2) is 0 Å². The lowest BCUT2D eigenvalue weighted by Crippen LogP contribution is -2.17. The molecule has 0 aliphatic heterocycles. The van der Waals surface area contributed by atoms with Crippen LogP contribution in [-0.4, -0.2) is 0 Å². The third-order valence-corrected chi connectivity index (χ3v) is 8.97. The van der Waals surface area contributed by atoms with E-state index in [1.165, 1.54) is 61.1 Å². The maximum absolute atomic E-state index is 2.46. The highest BCUT2D eigenvalue weighted by atomic mass is 15.1. The maximum atomic E-state index is 2.46. The molecule has 0 atom stereocenters. The Kier molecular flexibility index (Phi) is 6.10. The minimum absolute atomic E-state index is 0.000452. The smallest absolute Gasteiger partial charge is 0.0546 e. The second kappa shape index (κ2) is 9.74. The van der Waals surface area contributed by atoms with Gasteiger partial charge in [0.15, 0.2) is 0 Å². The number of para-hydroxylation sites is 1. The van der Waals surface area contributed by atoms with Gasteiger partial charge in [0.2, 0.25) is 0 Å². The molecule has 206 valence electrons. The van der Waals surface area contributed by atoms with Crippen molar-refractivity contribution < 1.29 is 0 Å². The van der Waals surface area contributed by atoms with E-state index < -0.39 is 0 Å². The molecule has 0 radical (unpaired) electrons. The van der Waals surface area contributed by atoms with Crippen LogP contribution in [0.4, 0.5) is 17.1 Å². The van der Waals surface area contributed by atoms with Crippen LogP contribution in [-0.2, 0) is 10.8 Å². The van der Waals surface area contributed by atoms with Crippen molar-refractivity contribution in [3.8, 4) is 22.3 Å². The van der Waals surface area contributed by atoms with Crippen molar-refractivity contribution in [3.05, 3.63) is 150 Å². The molecule has 0 amide bonds. The molecule has 7 rings (SSSR count). The van der Waals surface area contributed by atoms with Crippen molar-refractivity contribution in [2.45, 2.75) is 45.4 Å². The van der Waals surface area contributed by atoms with Crippen LogP contribution in [0.2, 0.25) is 0 Å². The molecule has 0 spiro atoms. The van der Waals surface area contributed by atoms with Gasteiger partial charge >= 0.3 is 0 Å². The second-order valence-electron chi connectivity index (χ2n) is 13.1. The lowest BCUT2D eigenvalue weighted by molar-refractivity contribution is 0.592. The Hall–Kier alpha value is -4.62. The van der Waals surface area contributed by atoms with E-state index in [1.807, 2.05) is 0 Å².